The van der Waals surface area contributed by atoms with Gasteiger partial charge in [0.15, 0.2) is 5.78 Å². The second-order valence-corrected chi connectivity index (χ2v) is 6.73. The van der Waals surface area contributed by atoms with Gasteiger partial charge in [0.05, 0.1) is 23.8 Å². The molecule has 1 aromatic heterocycles. The molecule has 0 aliphatic rings. The summed E-state index contributed by atoms with van der Waals surface area (Å²) in [4.78, 5) is 16.2. The molecule has 3 aromatic carbocycles. The van der Waals surface area contributed by atoms with Crippen molar-refractivity contribution in [2.45, 2.75) is 6.92 Å². The van der Waals surface area contributed by atoms with Crippen molar-refractivity contribution in [3.05, 3.63) is 71.2 Å². The average molecular weight is 377 g/mol. The quantitative estimate of drug-likeness (QED) is 0.350. The summed E-state index contributed by atoms with van der Waals surface area (Å²) in [7, 11) is 1.64. The number of methoxy groups -OCH3 is 1. The summed E-state index contributed by atoms with van der Waals surface area (Å²) in [5.74, 6) is 0.799. The molecule has 4 nitrogen and oxygen atoms in total. The first-order chi connectivity index (χ1) is 13.0. The number of hydrogen-bond donors (Lipinski definition) is 1. The number of carbonyl (C=O) groups excluding carboxylic acids is 1. The zero-order valence-electron chi connectivity index (χ0n) is 14.9. The lowest BCUT2D eigenvalue weighted by Gasteiger charge is -2.14. The molecule has 0 aliphatic carbocycles. The van der Waals surface area contributed by atoms with Crippen LogP contribution in [0, 0.1) is 0 Å². The third-order valence-electron chi connectivity index (χ3n) is 4.50. The lowest BCUT2D eigenvalue weighted by molar-refractivity contribution is 0.101. The van der Waals surface area contributed by atoms with Gasteiger partial charge in [-0.1, -0.05) is 11.6 Å². The summed E-state index contributed by atoms with van der Waals surface area (Å²) < 4.78 is 5.39. The van der Waals surface area contributed by atoms with Crippen LogP contribution in [0.5, 0.6) is 5.75 Å². The van der Waals surface area contributed by atoms with Crippen LogP contribution in [-0.4, -0.2) is 17.9 Å². The van der Waals surface area contributed by atoms with Crippen LogP contribution in [-0.2, 0) is 0 Å². The van der Waals surface area contributed by atoms with Crippen molar-refractivity contribution in [2.75, 3.05) is 12.4 Å². The summed E-state index contributed by atoms with van der Waals surface area (Å²) in [5, 5.41) is 6.01. The number of nitrogens with one attached hydrogen (secondary N) is 1. The van der Waals surface area contributed by atoms with Gasteiger partial charge < -0.3 is 10.1 Å². The molecule has 134 valence electrons. The standard InChI is InChI=1S/C22H17ClN2O2/c1-13(26)14-3-6-16(7-4-14)24-22-18-9-5-15(23)11-21(18)25-20-10-8-17(27-2)12-19(20)22/h3-12H,1-2H3,(H,24,25). The van der Waals surface area contributed by atoms with Crippen LogP contribution >= 0.6 is 11.6 Å². The zero-order chi connectivity index (χ0) is 19.0. The molecule has 0 saturated heterocycles. The molecular weight excluding hydrogens is 360 g/mol. The predicted octanol–water partition coefficient (Wildman–Crippen LogP) is 6.00. The molecule has 4 rings (SSSR count). The molecule has 0 unspecified atom stereocenters. The van der Waals surface area contributed by atoms with Crippen molar-refractivity contribution in [3.63, 3.8) is 0 Å². The molecule has 0 spiro atoms. The van der Waals surface area contributed by atoms with Crippen LogP contribution in [0.2, 0.25) is 5.02 Å². The van der Waals surface area contributed by atoms with Crippen LogP contribution in [0.1, 0.15) is 17.3 Å². The molecule has 0 saturated carbocycles. The first-order valence-corrected chi connectivity index (χ1v) is 8.88. The first kappa shape index (κ1) is 17.3. The van der Waals surface area contributed by atoms with Crippen molar-refractivity contribution in [3.8, 4) is 5.75 Å². The molecule has 4 aromatic rings. The van der Waals surface area contributed by atoms with E-state index in [0.29, 0.717) is 10.6 Å². The Bertz CT molecular complexity index is 1170. The fraction of sp³-hybridized carbons (Fsp3) is 0.0909. The Hall–Kier alpha value is -3.11. The molecule has 27 heavy (non-hydrogen) atoms. The van der Waals surface area contributed by atoms with Crippen molar-refractivity contribution in [1.82, 2.24) is 4.98 Å². The predicted molar refractivity (Wildman–Crippen MR) is 111 cm³/mol. The number of rotatable bonds is 4. The number of anilines is 2. The van der Waals surface area contributed by atoms with E-state index in [0.717, 1.165) is 38.9 Å². The van der Waals surface area contributed by atoms with Gasteiger partial charge in [-0.2, -0.15) is 0 Å². The Balaban J connectivity index is 1.92. The largest absolute Gasteiger partial charge is 0.497 e. The second-order valence-electron chi connectivity index (χ2n) is 6.29. The van der Waals surface area contributed by atoms with E-state index in [4.69, 9.17) is 21.3 Å². The van der Waals surface area contributed by atoms with Crippen molar-refractivity contribution >= 4 is 50.6 Å². The molecule has 1 N–H and O–H groups in total. The van der Waals surface area contributed by atoms with Gasteiger partial charge in [-0.25, -0.2) is 4.98 Å². The minimum absolute atomic E-state index is 0.0424. The SMILES string of the molecule is COc1ccc2nc3cc(Cl)ccc3c(Nc3ccc(C(C)=O)cc3)c2c1. The van der Waals surface area contributed by atoms with Crippen LogP contribution < -0.4 is 10.1 Å². The number of halogens is 1. The third-order valence-corrected chi connectivity index (χ3v) is 4.74. The number of fused-ring (bicyclic) bond motifs is 2. The van der Waals surface area contributed by atoms with Gasteiger partial charge in [-0.3, -0.25) is 4.79 Å². The Morgan fingerprint density at radius 1 is 0.963 bits per heavy atom. The van der Waals surface area contributed by atoms with Gasteiger partial charge in [0.2, 0.25) is 0 Å². The van der Waals surface area contributed by atoms with Gasteiger partial charge in [0, 0.05) is 27.0 Å². The second kappa shape index (κ2) is 6.89. The first-order valence-electron chi connectivity index (χ1n) is 8.50. The normalized spacial score (nSPS) is 10.9. The summed E-state index contributed by atoms with van der Waals surface area (Å²) >= 11 is 6.16. The van der Waals surface area contributed by atoms with Crippen LogP contribution in [0.25, 0.3) is 21.8 Å². The molecule has 0 atom stereocenters. The van der Waals surface area contributed by atoms with E-state index in [1.807, 2.05) is 60.7 Å². The van der Waals surface area contributed by atoms with Gasteiger partial charge in [-0.15, -0.1) is 0 Å². The summed E-state index contributed by atoms with van der Waals surface area (Å²) in [6.07, 6.45) is 0. The molecule has 0 amide bonds. The number of ether oxygens (including phenoxy) is 1. The highest BCUT2D eigenvalue weighted by atomic mass is 35.5. The van der Waals surface area contributed by atoms with E-state index in [1.165, 1.54) is 0 Å². The van der Waals surface area contributed by atoms with Gasteiger partial charge in [0.1, 0.15) is 5.75 Å². The molecule has 0 fully saturated rings. The fourth-order valence-corrected chi connectivity index (χ4v) is 3.26. The minimum Gasteiger partial charge on any atom is -0.497 e. The summed E-state index contributed by atoms with van der Waals surface area (Å²) in [5.41, 5.74) is 4.13. The van der Waals surface area contributed by atoms with E-state index < -0.39 is 0 Å². The number of pyridine rings is 1. The maximum absolute atomic E-state index is 11.5. The van der Waals surface area contributed by atoms with Gasteiger partial charge in [0.25, 0.3) is 0 Å². The maximum Gasteiger partial charge on any atom is 0.159 e. The highest BCUT2D eigenvalue weighted by Crippen LogP contribution is 2.36. The van der Waals surface area contributed by atoms with Crippen molar-refractivity contribution in [1.29, 1.82) is 0 Å². The van der Waals surface area contributed by atoms with Crippen LogP contribution in [0.3, 0.4) is 0 Å². The number of aromatic nitrogens is 1. The van der Waals surface area contributed by atoms with E-state index in [9.17, 15) is 4.79 Å². The topological polar surface area (TPSA) is 51.2 Å². The summed E-state index contributed by atoms with van der Waals surface area (Å²) in [6.45, 7) is 1.56. The molecule has 5 heteroatoms. The van der Waals surface area contributed by atoms with Crippen molar-refractivity contribution < 1.29 is 9.53 Å². The average Bonchev–Trinajstić information content (AvgIpc) is 2.67. The maximum atomic E-state index is 11.5. The Morgan fingerprint density at radius 2 is 1.74 bits per heavy atom. The summed E-state index contributed by atoms with van der Waals surface area (Å²) in [6, 6.07) is 18.8. The molecule has 0 aliphatic heterocycles. The third kappa shape index (κ3) is 3.32. The van der Waals surface area contributed by atoms with Gasteiger partial charge in [-0.05, 0) is 67.6 Å². The molecule has 1 heterocycles. The Labute approximate surface area is 161 Å². The van der Waals surface area contributed by atoms with Crippen LogP contribution in [0.4, 0.5) is 11.4 Å². The lowest BCUT2D eigenvalue weighted by atomic mass is 10.1. The lowest BCUT2D eigenvalue weighted by Crippen LogP contribution is -1.97. The molecular formula is C22H17ClN2O2. The monoisotopic (exact) mass is 376 g/mol. The Morgan fingerprint density at radius 3 is 2.44 bits per heavy atom. The number of benzene rings is 3. The van der Waals surface area contributed by atoms with E-state index in [1.54, 1.807) is 14.0 Å². The number of carbonyl (C=O) groups is 1. The fourth-order valence-electron chi connectivity index (χ4n) is 3.09. The highest BCUT2D eigenvalue weighted by Gasteiger charge is 2.11. The van der Waals surface area contributed by atoms with E-state index >= 15 is 0 Å². The van der Waals surface area contributed by atoms with Crippen molar-refractivity contribution in [2.24, 2.45) is 0 Å². The number of hydrogen-bond acceptors (Lipinski definition) is 4. The minimum atomic E-state index is 0.0424. The highest BCUT2D eigenvalue weighted by molar-refractivity contribution is 6.31. The van der Waals surface area contributed by atoms with E-state index in [-0.39, 0.29) is 5.78 Å². The van der Waals surface area contributed by atoms with Gasteiger partial charge >= 0.3 is 0 Å². The number of ketones is 1. The smallest absolute Gasteiger partial charge is 0.159 e. The van der Waals surface area contributed by atoms with Crippen LogP contribution in [0.15, 0.2) is 60.7 Å². The molecule has 0 radical (unpaired) electrons. The zero-order valence-corrected chi connectivity index (χ0v) is 15.7. The number of Topliss-reactive ketones (excluding diaryl/α,β-unsaturated/α-hetero) is 1. The van der Waals surface area contributed by atoms with E-state index in [2.05, 4.69) is 5.32 Å². The molecule has 0 bridgehead atoms. The Kier molecular flexibility index (Phi) is 4.42. The number of nitrogens with zero attached hydrogens (tertiary/aromatic N) is 1.